The summed E-state index contributed by atoms with van der Waals surface area (Å²) >= 11 is 0. The highest BCUT2D eigenvalue weighted by molar-refractivity contribution is 7.89. The third kappa shape index (κ3) is 6.67. The maximum Gasteiger partial charge on any atom is 0.240 e. The SMILES string of the molecule is CN(C)Cc1ccc(S(=O)(=O)NCC(C)(C)N)cc1.Cl. The van der Waals surface area contributed by atoms with E-state index in [4.69, 9.17) is 5.73 Å². The molecule has 0 aliphatic carbocycles. The second kappa shape index (κ2) is 7.38. The molecule has 0 atom stereocenters. The summed E-state index contributed by atoms with van der Waals surface area (Å²) in [4.78, 5) is 2.29. The zero-order chi connectivity index (χ0) is 14.7. The van der Waals surface area contributed by atoms with Crippen LogP contribution in [-0.2, 0) is 16.6 Å². The van der Waals surface area contributed by atoms with Gasteiger partial charge in [-0.15, -0.1) is 12.4 Å². The van der Waals surface area contributed by atoms with Gasteiger partial charge in [0.25, 0.3) is 0 Å². The summed E-state index contributed by atoms with van der Waals surface area (Å²) in [5.74, 6) is 0. The van der Waals surface area contributed by atoms with Gasteiger partial charge in [0, 0.05) is 18.6 Å². The highest BCUT2D eigenvalue weighted by Crippen LogP contribution is 2.12. The lowest BCUT2D eigenvalue weighted by Crippen LogP contribution is -2.45. The molecule has 0 aromatic heterocycles. The normalized spacial score (nSPS) is 12.3. The van der Waals surface area contributed by atoms with Crippen LogP contribution in [0, 0.1) is 0 Å². The van der Waals surface area contributed by atoms with Crippen LogP contribution >= 0.6 is 12.4 Å². The van der Waals surface area contributed by atoms with Crippen molar-refractivity contribution < 1.29 is 8.42 Å². The Labute approximate surface area is 128 Å². The summed E-state index contributed by atoms with van der Waals surface area (Å²) in [6.45, 7) is 4.53. The average molecular weight is 322 g/mol. The minimum absolute atomic E-state index is 0. The van der Waals surface area contributed by atoms with Gasteiger partial charge >= 0.3 is 0 Å². The minimum Gasteiger partial charge on any atom is -0.324 e. The molecule has 0 amide bonds. The van der Waals surface area contributed by atoms with Gasteiger partial charge in [0.1, 0.15) is 0 Å². The second-order valence-electron chi connectivity index (χ2n) is 5.69. The molecule has 1 rings (SSSR count). The monoisotopic (exact) mass is 321 g/mol. The fourth-order valence-corrected chi connectivity index (χ4v) is 2.73. The van der Waals surface area contributed by atoms with Crippen LogP contribution in [0.2, 0.25) is 0 Å². The first-order chi connectivity index (χ1) is 8.60. The maximum absolute atomic E-state index is 12.0. The third-order valence-electron chi connectivity index (χ3n) is 2.45. The molecular weight excluding hydrogens is 298 g/mol. The summed E-state index contributed by atoms with van der Waals surface area (Å²) in [5.41, 5.74) is 6.27. The van der Waals surface area contributed by atoms with Crippen LogP contribution in [0.3, 0.4) is 0 Å². The van der Waals surface area contributed by atoms with Crippen LogP contribution in [0.5, 0.6) is 0 Å². The predicted molar refractivity (Wildman–Crippen MR) is 84.5 cm³/mol. The van der Waals surface area contributed by atoms with E-state index in [1.165, 1.54) is 0 Å². The second-order valence-corrected chi connectivity index (χ2v) is 7.46. The summed E-state index contributed by atoms with van der Waals surface area (Å²) in [7, 11) is 0.453. The van der Waals surface area contributed by atoms with Crippen LogP contribution in [0.25, 0.3) is 0 Å². The number of rotatable bonds is 6. The van der Waals surface area contributed by atoms with Crippen molar-refractivity contribution in [3.05, 3.63) is 29.8 Å². The van der Waals surface area contributed by atoms with E-state index in [2.05, 4.69) is 4.72 Å². The van der Waals surface area contributed by atoms with Crippen molar-refractivity contribution in [2.75, 3.05) is 20.6 Å². The van der Waals surface area contributed by atoms with E-state index in [9.17, 15) is 8.42 Å². The summed E-state index contributed by atoms with van der Waals surface area (Å²) in [5, 5.41) is 0. The van der Waals surface area contributed by atoms with Crippen LogP contribution in [0.1, 0.15) is 19.4 Å². The lowest BCUT2D eigenvalue weighted by atomic mass is 10.1. The molecule has 20 heavy (non-hydrogen) atoms. The molecule has 0 bridgehead atoms. The molecule has 3 N–H and O–H groups in total. The van der Waals surface area contributed by atoms with Gasteiger partial charge in [-0.05, 0) is 45.6 Å². The quantitative estimate of drug-likeness (QED) is 0.825. The van der Waals surface area contributed by atoms with Crippen LogP contribution < -0.4 is 10.5 Å². The average Bonchev–Trinajstić information content (AvgIpc) is 2.26. The van der Waals surface area contributed by atoms with E-state index in [1.807, 2.05) is 31.1 Å². The molecule has 0 saturated heterocycles. The Bertz CT molecular complexity index is 507. The van der Waals surface area contributed by atoms with Crippen molar-refractivity contribution in [1.29, 1.82) is 0 Å². The Hall–Kier alpha value is -0.660. The number of nitrogens with two attached hydrogens (primary N) is 1. The van der Waals surface area contributed by atoms with Gasteiger partial charge in [-0.1, -0.05) is 12.1 Å². The summed E-state index contributed by atoms with van der Waals surface area (Å²) < 4.78 is 26.6. The Balaban J connectivity index is 0.00000361. The Morgan fingerprint density at radius 1 is 1.20 bits per heavy atom. The maximum atomic E-state index is 12.0. The van der Waals surface area contributed by atoms with Gasteiger partial charge in [-0.25, -0.2) is 13.1 Å². The van der Waals surface area contributed by atoms with E-state index >= 15 is 0 Å². The van der Waals surface area contributed by atoms with Gasteiger partial charge in [-0.2, -0.15) is 0 Å². The summed E-state index contributed by atoms with van der Waals surface area (Å²) in [6.07, 6.45) is 0. The van der Waals surface area contributed by atoms with E-state index in [0.717, 1.165) is 12.1 Å². The lowest BCUT2D eigenvalue weighted by Gasteiger charge is -2.19. The molecule has 1 aromatic carbocycles. The molecule has 7 heteroatoms. The topological polar surface area (TPSA) is 75.4 Å². The Morgan fingerprint density at radius 3 is 2.10 bits per heavy atom. The first-order valence-corrected chi connectivity index (χ1v) is 7.61. The summed E-state index contributed by atoms with van der Waals surface area (Å²) in [6, 6.07) is 6.87. The van der Waals surface area contributed by atoms with Gasteiger partial charge in [0.05, 0.1) is 4.90 Å². The molecule has 0 unspecified atom stereocenters. The number of nitrogens with zero attached hydrogens (tertiary/aromatic N) is 1. The largest absolute Gasteiger partial charge is 0.324 e. The fraction of sp³-hybridized carbons (Fsp3) is 0.538. The zero-order valence-corrected chi connectivity index (χ0v) is 14.0. The molecule has 0 aliphatic rings. The van der Waals surface area contributed by atoms with E-state index in [-0.39, 0.29) is 23.8 Å². The van der Waals surface area contributed by atoms with Crippen molar-refractivity contribution >= 4 is 22.4 Å². The van der Waals surface area contributed by atoms with Gasteiger partial charge < -0.3 is 10.6 Å². The van der Waals surface area contributed by atoms with Crippen molar-refractivity contribution in [1.82, 2.24) is 9.62 Å². The van der Waals surface area contributed by atoms with Gasteiger partial charge in [0.15, 0.2) is 0 Å². The van der Waals surface area contributed by atoms with Crippen LogP contribution in [0.15, 0.2) is 29.2 Å². The molecule has 0 spiro atoms. The number of benzene rings is 1. The van der Waals surface area contributed by atoms with Crippen LogP contribution in [0.4, 0.5) is 0 Å². The molecule has 0 saturated carbocycles. The standard InChI is InChI=1S/C13H23N3O2S.ClH/c1-13(2,14)10-15-19(17,18)12-7-5-11(6-8-12)9-16(3)4;/h5-8,15H,9-10,14H2,1-4H3;1H. The number of sulfonamides is 1. The van der Waals surface area contributed by atoms with Crippen molar-refractivity contribution in [3.63, 3.8) is 0 Å². The molecule has 1 aromatic rings. The van der Waals surface area contributed by atoms with Crippen LogP contribution in [-0.4, -0.2) is 39.5 Å². The highest BCUT2D eigenvalue weighted by Gasteiger charge is 2.18. The first-order valence-electron chi connectivity index (χ1n) is 6.12. The minimum atomic E-state index is -3.48. The smallest absolute Gasteiger partial charge is 0.240 e. The number of halogens is 1. The zero-order valence-electron chi connectivity index (χ0n) is 12.4. The van der Waals surface area contributed by atoms with E-state index in [1.54, 1.807) is 26.0 Å². The van der Waals surface area contributed by atoms with E-state index in [0.29, 0.717) is 0 Å². The molecular formula is C13H24ClN3O2S. The molecule has 116 valence electrons. The lowest BCUT2D eigenvalue weighted by molar-refractivity contribution is 0.402. The Morgan fingerprint density at radius 2 is 1.70 bits per heavy atom. The fourth-order valence-electron chi connectivity index (χ4n) is 1.50. The number of hydrogen-bond donors (Lipinski definition) is 2. The van der Waals surface area contributed by atoms with Gasteiger partial charge in [-0.3, -0.25) is 0 Å². The molecule has 0 aliphatic heterocycles. The van der Waals surface area contributed by atoms with Crippen molar-refractivity contribution in [2.45, 2.75) is 30.8 Å². The Kier molecular flexibility index (Phi) is 7.13. The number of hydrogen-bond acceptors (Lipinski definition) is 4. The highest BCUT2D eigenvalue weighted by atomic mass is 35.5. The molecule has 0 heterocycles. The molecule has 0 fully saturated rings. The van der Waals surface area contributed by atoms with Crippen molar-refractivity contribution in [2.24, 2.45) is 5.73 Å². The molecule has 5 nitrogen and oxygen atoms in total. The number of nitrogens with one attached hydrogen (secondary N) is 1. The predicted octanol–water partition coefficient (Wildman–Crippen LogP) is 1.19. The molecule has 0 radical (unpaired) electrons. The first kappa shape index (κ1) is 19.3. The third-order valence-corrected chi connectivity index (χ3v) is 3.87. The van der Waals surface area contributed by atoms with E-state index < -0.39 is 15.6 Å². The van der Waals surface area contributed by atoms with Gasteiger partial charge in [0.2, 0.25) is 10.0 Å². The van der Waals surface area contributed by atoms with Crippen molar-refractivity contribution in [3.8, 4) is 0 Å².